The molecule has 0 spiro atoms. The standard InChI is InChI=1S/C37H38N4O7/c1-4-5-6-7-8-26-20-38-32(39-21-26)18-17-29-22-41(37(45)40-34(29)42)33-19-30(48-36(44)28-15-11-25(3)12-16-28)31(47-33)23-46-35(43)27-13-9-24(2)10-14-27/h9-16,20-22,30-31,33H,4-8,19,23H2,1-3H3,(H,40,42,45)/t30-,31+,33+/m0/s1. The Morgan fingerprint density at radius 3 is 2.21 bits per heavy atom. The Bertz CT molecular complexity index is 1900. The van der Waals surface area contributed by atoms with Crippen LogP contribution in [0, 0.1) is 25.7 Å². The molecule has 248 valence electrons. The molecule has 0 amide bonds. The molecule has 3 atom stereocenters. The van der Waals surface area contributed by atoms with E-state index < -0.39 is 41.6 Å². The van der Waals surface area contributed by atoms with Crippen LogP contribution in [0.4, 0.5) is 0 Å². The molecule has 1 aliphatic rings. The van der Waals surface area contributed by atoms with Gasteiger partial charge >= 0.3 is 17.6 Å². The molecule has 0 saturated carbocycles. The van der Waals surface area contributed by atoms with Gasteiger partial charge in [0.2, 0.25) is 5.82 Å². The van der Waals surface area contributed by atoms with Gasteiger partial charge in [0.05, 0.1) is 11.1 Å². The first-order valence-corrected chi connectivity index (χ1v) is 16.1. The number of nitrogens with zero attached hydrogens (tertiary/aromatic N) is 3. The zero-order valence-corrected chi connectivity index (χ0v) is 27.2. The van der Waals surface area contributed by atoms with Crippen molar-refractivity contribution in [3.63, 3.8) is 0 Å². The molecule has 0 radical (unpaired) electrons. The Balaban J connectivity index is 1.33. The Morgan fingerprint density at radius 1 is 0.917 bits per heavy atom. The third-order valence-corrected chi connectivity index (χ3v) is 8.00. The number of hydrogen-bond acceptors (Lipinski definition) is 9. The van der Waals surface area contributed by atoms with Crippen molar-refractivity contribution in [1.82, 2.24) is 19.5 Å². The van der Waals surface area contributed by atoms with Gasteiger partial charge in [0.1, 0.15) is 30.6 Å². The monoisotopic (exact) mass is 650 g/mol. The van der Waals surface area contributed by atoms with E-state index in [0.717, 1.165) is 42.4 Å². The average molecular weight is 651 g/mol. The zero-order chi connectivity index (χ0) is 34.0. The van der Waals surface area contributed by atoms with Crippen LogP contribution in [-0.2, 0) is 20.6 Å². The van der Waals surface area contributed by atoms with Gasteiger partial charge < -0.3 is 14.2 Å². The van der Waals surface area contributed by atoms with Crippen LogP contribution in [0.5, 0.6) is 0 Å². The number of benzene rings is 2. The number of unbranched alkanes of at least 4 members (excludes halogenated alkanes) is 3. The molecule has 2 aromatic heterocycles. The van der Waals surface area contributed by atoms with Crippen LogP contribution in [-0.4, -0.2) is 50.3 Å². The van der Waals surface area contributed by atoms with E-state index in [2.05, 4.69) is 33.7 Å². The predicted octanol–water partition coefficient (Wildman–Crippen LogP) is 4.84. The second-order valence-electron chi connectivity index (χ2n) is 11.8. The fraction of sp³-hybridized carbons (Fsp3) is 0.351. The largest absolute Gasteiger partial charge is 0.459 e. The van der Waals surface area contributed by atoms with Gasteiger partial charge in [-0.25, -0.2) is 24.4 Å². The van der Waals surface area contributed by atoms with Gasteiger partial charge in [-0.15, -0.1) is 0 Å². The quantitative estimate of drug-likeness (QED) is 0.137. The third kappa shape index (κ3) is 8.92. The topological polar surface area (TPSA) is 142 Å². The number of nitrogens with one attached hydrogen (secondary N) is 1. The number of esters is 2. The van der Waals surface area contributed by atoms with Crippen LogP contribution in [0.25, 0.3) is 0 Å². The van der Waals surface area contributed by atoms with Crippen molar-refractivity contribution in [3.8, 4) is 11.8 Å². The van der Waals surface area contributed by atoms with Gasteiger partial charge in [0.25, 0.3) is 5.56 Å². The second kappa shape index (κ2) is 16.0. The highest BCUT2D eigenvalue weighted by Gasteiger charge is 2.40. The summed E-state index contributed by atoms with van der Waals surface area (Å²) in [7, 11) is 0. The fourth-order valence-corrected chi connectivity index (χ4v) is 5.19. The van der Waals surface area contributed by atoms with Crippen molar-refractivity contribution in [3.05, 3.63) is 127 Å². The summed E-state index contributed by atoms with van der Waals surface area (Å²) < 4.78 is 18.7. The molecule has 1 saturated heterocycles. The van der Waals surface area contributed by atoms with E-state index in [-0.39, 0.29) is 24.4 Å². The summed E-state index contributed by atoms with van der Waals surface area (Å²) in [5.74, 6) is 4.61. The number of ether oxygens (including phenoxy) is 3. The number of H-pyrrole nitrogens is 1. The summed E-state index contributed by atoms with van der Waals surface area (Å²) in [6.45, 7) is 5.74. The van der Waals surface area contributed by atoms with Crippen molar-refractivity contribution in [2.75, 3.05) is 6.61 Å². The van der Waals surface area contributed by atoms with E-state index >= 15 is 0 Å². The van der Waals surface area contributed by atoms with Gasteiger partial charge in [-0.2, -0.15) is 0 Å². The van der Waals surface area contributed by atoms with Gasteiger partial charge in [-0.1, -0.05) is 67.5 Å². The lowest BCUT2D eigenvalue weighted by molar-refractivity contribution is -0.0582. The number of carbonyl (C=O) groups excluding carboxylic acids is 2. The summed E-state index contributed by atoms with van der Waals surface area (Å²) >= 11 is 0. The Kier molecular flexibility index (Phi) is 11.3. The van der Waals surface area contributed by atoms with E-state index in [1.807, 2.05) is 13.8 Å². The molecular formula is C37H38N4O7. The first-order valence-electron chi connectivity index (χ1n) is 16.1. The van der Waals surface area contributed by atoms with Crippen LogP contribution in [0.3, 0.4) is 0 Å². The number of carbonyl (C=O) groups is 2. The summed E-state index contributed by atoms with van der Waals surface area (Å²) in [6, 6.07) is 13.8. The van der Waals surface area contributed by atoms with Crippen LogP contribution in [0.2, 0.25) is 0 Å². The van der Waals surface area contributed by atoms with E-state index in [0.29, 0.717) is 11.1 Å². The van der Waals surface area contributed by atoms with Gasteiger partial charge in [-0.3, -0.25) is 14.3 Å². The number of aromatic nitrogens is 4. The van der Waals surface area contributed by atoms with Gasteiger partial charge in [0.15, 0.2) is 0 Å². The molecular weight excluding hydrogens is 612 g/mol. The van der Waals surface area contributed by atoms with E-state index in [1.165, 1.54) is 17.2 Å². The molecule has 4 aromatic rings. The second-order valence-corrected chi connectivity index (χ2v) is 11.8. The number of aromatic amines is 1. The minimum absolute atomic E-state index is 0.00658. The smallest absolute Gasteiger partial charge is 0.338 e. The molecule has 11 nitrogen and oxygen atoms in total. The van der Waals surface area contributed by atoms with Crippen molar-refractivity contribution >= 4 is 11.9 Å². The average Bonchev–Trinajstić information content (AvgIpc) is 3.48. The maximum Gasteiger partial charge on any atom is 0.338 e. The van der Waals surface area contributed by atoms with E-state index in [9.17, 15) is 19.2 Å². The number of rotatable bonds is 11. The maximum absolute atomic E-state index is 13.0. The lowest BCUT2D eigenvalue weighted by Crippen LogP contribution is -2.34. The summed E-state index contributed by atoms with van der Waals surface area (Å²) in [5.41, 5.74) is 2.26. The summed E-state index contributed by atoms with van der Waals surface area (Å²) in [4.78, 5) is 62.3. The number of aryl methyl sites for hydroxylation is 3. The van der Waals surface area contributed by atoms with E-state index in [4.69, 9.17) is 14.2 Å². The van der Waals surface area contributed by atoms with E-state index in [1.54, 1.807) is 60.9 Å². The SMILES string of the molecule is CCCCCCc1cnc(C#Cc2cn([C@H]3C[C@H](OC(=O)c4ccc(C)cc4)[C@@H](COC(=O)c4ccc(C)cc4)O3)c(=O)[nH]c2=O)nc1. The van der Waals surface area contributed by atoms with Crippen molar-refractivity contribution in [2.24, 2.45) is 0 Å². The van der Waals surface area contributed by atoms with Crippen molar-refractivity contribution in [1.29, 1.82) is 0 Å². The minimum atomic E-state index is -0.961. The molecule has 1 N–H and O–H groups in total. The fourth-order valence-electron chi connectivity index (χ4n) is 5.19. The molecule has 1 aliphatic heterocycles. The predicted molar refractivity (Wildman–Crippen MR) is 178 cm³/mol. The Morgan fingerprint density at radius 2 is 1.56 bits per heavy atom. The van der Waals surface area contributed by atoms with Crippen molar-refractivity contribution < 1.29 is 23.8 Å². The third-order valence-electron chi connectivity index (χ3n) is 8.00. The molecule has 48 heavy (non-hydrogen) atoms. The van der Waals surface area contributed by atoms with Crippen LogP contribution < -0.4 is 11.2 Å². The normalized spacial score (nSPS) is 16.9. The van der Waals surface area contributed by atoms with Gasteiger partial charge in [0, 0.05) is 25.0 Å². The highest BCUT2D eigenvalue weighted by molar-refractivity contribution is 5.90. The first kappa shape index (κ1) is 34.0. The maximum atomic E-state index is 13.0. The molecule has 0 aliphatic carbocycles. The molecule has 2 aromatic carbocycles. The van der Waals surface area contributed by atoms with Crippen LogP contribution in [0.1, 0.15) is 94.0 Å². The molecule has 3 heterocycles. The molecule has 5 rings (SSSR count). The Hall–Kier alpha value is -5.34. The lowest BCUT2D eigenvalue weighted by Gasteiger charge is -2.19. The number of hydrogen-bond donors (Lipinski definition) is 1. The summed E-state index contributed by atoms with van der Waals surface area (Å²) in [5, 5.41) is 0. The molecule has 11 heteroatoms. The first-order chi connectivity index (χ1) is 23.2. The molecule has 0 bridgehead atoms. The minimum Gasteiger partial charge on any atom is -0.459 e. The zero-order valence-electron chi connectivity index (χ0n) is 27.2. The highest BCUT2D eigenvalue weighted by atomic mass is 16.6. The van der Waals surface area contributed by atoms with Crippen LogP contribution >= 0.6 is 0 Å². The van der Waals surface area contributed by atoms with Gasteiger partial charge in [-0.05, 0) is 62.4 Å². The Labute approximate surface area is 278 Å². The molecule has 0 unspecified atom stereocenters. The van der Waals surface area contributed by atoms with Crippen molar-refractivity contribution in [2.45, 2.75) is 77.7 Å². The lowest BCUT2D eigenvalue weighted by atomic mass is 10.1. The highest BCUT2D eigenvalue weighted by Crippen LogP contribution is 2.31. The summed E-state index contributed by atoms with van der Waals surface area (Å²) in [6.07, 6.45) is 7.50. The molecule has 1 fully saturated rings. The van der Waals surface area contributed by atoms with Crippen LogP contribution in [0.15, 0.2) is 76.7 Å².